The Morgan fingerprint density at radius 2 is 2.00 bits per heavy atom. The standard InChI is InChI=1S/C7H13N.CH3.2Y/c1-4-6-8-7(3)5-2;;;/h4,8H,6H2,1-3H3;1H3;;/q-2;-1;;+3. The number of allylic oxidation sites excluding steroid dienone is 2. The summed E-state index contributed by atoms with van der Waals surface area (Å²) >= 11 is 0. The summed E-state index contributed by atoms with van der Waals surface area (Å²) in [6.07, 6.45) is 5.06. The van der Waals surface area contributed by atoms with Gasteiger partial charge in [0.15, 0.2) is 0 Å². The third-order valence-corrected chi connectivity index (χ3v) is 0.946. The molecule has 1 N–H and O–H groups in total. The SMILES string of the molecule is C[C-]=C(C)NC[CH-]C.[CH3-].[Y+3].[Y]. The average molecular weight is 304 g/mol. The molecule has 0 fully saturated rings. The molecule has 0 bridgehead atoms. The van der Waals surface area contributed by atoms with Crippen LogP contribution in [0.2, 0.25) is 0 Å². The Kier molecular flexibility index (Phi) is 37.1. The molecule has 0 saturated carbocycles. The molecule has 0 aromatic rings. The number of nitrogens with one attached hydrogen (secondary N) is 1. The van der Waals surface area contributed by atoms with Gasteiger partial charge in [0.1, 0.15) is 0 Å². The second-order valence-corrected chi connectivity index (χ2v) is 1.66. The minimum absolute atomic E-state index is 0. The third kappa shape index (κ3) is 18.6. The Morgan fingerprint density at radius 1 is 1.55 bits per heavy atom. The van der Waals surface area contributed by atoms with Gasteiger partial charge in [0.2, 0.25) is 0 Å². The number of rotatable bonds is 3. The minimum atomic E-state index is 0. The van der Waals surface area contributed by atoms with Gasteiger partial charge < -0.3 is 25.2 Å². The van der Waals surface area contributed by atoms with E-state index in [-0.39, 0.29) is 72.8 Å². The Balaban J connectivity index is -0.0000000817. The Labute approximate surface area is 122 Å². The molecular formula is C8H16NY2. The molecule has 1 radical (unpaired) electrons. The van der Waals surface area contributed by atoms with Gasteiger partial charge in [-0.3, -0.25) is 0 Å². The molecule has 0 aromatic heterocycles. The van der Waals surface area contributed by atoms with Gasteiger partial charge in [-0.25, -0.2) is 0 Å². The van der Waals surface area contributed by atoms with E-state index in [2.05, 4.69) is 17.8 Å². The van der Waals surface area contributed by atoms with Crippen LogP contribution in [0.1, 0.15) is 20.8 Å². The fourth-order valence-electron chi connectivity index (χ4n) is 0.344. The maximum absolute atomic E-state index is 3.13. The van der Waals surface area contributed by atoms with E-state index in [1.807, 2.05) is 20.8 Å². The topological polar surface area (TPSA) is 12.0 Å². The summed E-state index contributed by atoms with van der Waals surface area (Å²) in [4.78, 5) is 0. The minimum Gasteiger partial charge on any atom is -0.480 e. The maximum atomic E-state index is 3.13. The van der Waals surface area contributed by atoms with Crippen molar-refractivity contribution in [2.45, 2.75) is 20.8 Å². The van der Waals surface area contributed by atoms with Crippen LogP contribution in [-0.2, 0) is 65.4 Å². The van der Waals surface area contributed by atoms with Crippen LogP contribution >= 0.6 is 0 Å². The van der Waals surface area contributed by atoms with Gasteiger partial charge in [-0.05, 0) is 0 Å². The van der Waals surface area contributed by atoms with Crippen molar-refractivity contribution in [3.05, 3.63) is 25.6 Å². The molecule has 0 atom stereocenters. The summed E-state index contributed by atoms with van der Waals surface area (Å²) in [5, 5.41) is 3.13. The largest absolute Gasteiger partial charge is 3.00 e. The first kappa shape index (κ1) is 23.0. The zero-order chi connectivity index (χ0) is 6.41. The van der Waals surface area contributed by atoms with Gasteiger partial charge in [-0.2, -0.15) is 19.5 Å². The molecule has 0 aliphatic carbocycles. The van der Waals surface area contributed by atoms with E-state index >= 15 is 0 Å². The fourth-order valence-corrected chi connectivity index (χ4v) is 0.344. The molecular weight excluding hydrogens is 288 g/mol. The predicted octanol–water partition coefficient (Wildman–Crippen LogP) is 1.97. The fraction of sp³-hybridized carbons (Fsp3) is 0.500. The van der Waals surface area contributed by atoms with E-state index in [0.717, 1.165) is 12.2 Å². The molecule has 59 valence electrons. The zero-order valence-corrected chi connectivity index (χ0v) is 13.6. The van der Waals surface area contributed by atoms with Gasteiger partial charge in [0, 0.05) is 32.7 Å². The molecule has 0 rings (SSSR count). The van der Waals surface area contributed by atoms with E-state index in [4.69, 9.17) is 0 Å². The first-order valence-corrected chi connectivity index (χ1v) is 2.84. The molecule has 0 aliphatic rings. The summed E-state index contributed by atoms with van der Waals surface area (Å²) in [7, 11) is 0. The monoisotopic (exact) mass is 304 g/mol. The van der Waals surface area contributed by atoms with Crippen LogP contribution in [-0.4, -0.2) is 6.54 Å². The molecule has 0 saturated heterocycles. The summed E-state index contributed by atoms with van der Waals surface area (Å²) in [5.41, 5.74) is 1.11. The third-order valence-electron chi connectivity index (χ3n) is 0.946. The van der Waals surface area contributed by atoms with Gasteiger partial charge in [-0.15, -0.1) is 6.54 Å². The summed E-state index contributed by atoms with van der Waals surface area (Å²) in [6, 6.07) is 0. The molecule has 0 heterocycles. The first-order chi connectivity index (χ1) is 3.81. The van der Waals surface area contributed by atoms with Crippen molar-refractivity contribution < 1.29 is 65.4 Å². The molecule has 1 nitrogen and oxygen atoms in total. The predicted molar refractivity (Wildman–Crippen MR) is 42.5 cm³/mol. The summed E-state index contributed by atoms with van der Waals surface area (Å²) < 4.78 is 0. The quantitative estimate of drug-likeness (QED) is 0.786. The van der Waals surface area contributed by atoms with Crippen molar-refractivity contribution in [3.63, 3.8) is 0 Å². The number of hydrogen-bond donors (Lipinski definition) is 1. The van der Waals surface area contributed by atoms with Crippen molar-refractivity contribution in [1.82, 2.24) is 5.32 Å². The molecule has 0 aliphatic heterocycles. The van der Waals surface area contributed by atoms with Crippen molar-refractivity contribution >= 4 is 0 Å². The van der Waals surface area contributed by atoms with E-state index in [0.29, 0.717) is 0 Å². The van der Waals surface area contributed by atoms with Crippen molar-refractivity contribution in [2.75, 3.05) is 6.54 Å². The molecule has 0 unspecified atom stereocenters. The molecule has 3 heteroatoms. The van der Waals surface area contributed by atoms with Crippen LogP contribution < -0.4 is 5.32 Å². The zero-order valence-electron chi connectivity index (χ0n) is 7.94. The summed E-state index contributed by atoms with van der Waals surface area (Å²) in [6.45, 7) is 6.87. The number of hydrogen-bond acceptors (Lipinski definition) is 1. The van der Waals surface area contributed by atoms with Crippen LogP contribution in [0.3, 0.4) is 0 Å². The van der Waals surface area contributed by atoms with Crippen molar-refractivity contribution in [3.8, 4) is 0 Å². The molecule has 0 spiro atoms. The normalized spacial score (nSPS) is 8.45. The Hall–Kier alpha value is 1.75. The average Bonchev–Trinajstić information content (AvgIpc) is 1.83. The van der Waals surface area contributed by atoms with Crippen LogP contribution in [0.15, 0.2) is 5.70 Å². The molecule has 0 aromatic carbocycles. The molecule has 11 heavy (non-hydrogen) atoms. The van der Waals surface area contributed by atoms with Crippen LogP contribution in [0.25, 0.3) is 0 Å². The van der Waals surface area contributed by atoms with Crippen LogP contribution in [0.4, 0.5) is 0 Å². The van der Waals surface area contributed by atoms with Gasteiger partial charge in [0.25, 0.3) is 0 Å². The second kappa shape index (κ2) is 17.7. The van der Waals surface area contributed by atoms with Crippen LogP contribution in [0, 0.1) is 19.9 Å². The van der Waals surface area contributed by atoms with Gasteiger partial charge >= 0.3 is 32.7 Å². The van der Waals surface area contributed by atoms with Crippen molar-refractivity contribution in [1.29, 1.82) is 0 Å². The first-order valence-electron chi connectivity index (χ1n) is 2.84. The van der Waals surface area contributed by atoms with Gasteiger partial charge in [0.05, 0.1) is 0 Å². The van der Waals surface area contributed by atoms with Gasteiger partial charge in [-0.1, -0.05) is 6.92 Å². The molecule has 0 amide bonds. The van der Waals surface area contributed by atoms with Crippen molar-refractivity contribution in [2.24, 2.45) is 0 Å². The van der Waals surface area contributed by atoms with E-state index in [1.54, 1.807) is 0 Å². The van der Waals surface area contributed by atoms with E-state index < -0.39 is 0 Å². The maximum Gasteiger partial charge on any atom is 3.00 e. The second-order valence-electron chi connectivity index (χ2n) is 1.66. The summed E-state index contributed by atoms with van der Waals surface area (Å²) in [5.74, 6) is 0. The van der Waals surface area contributed by atoms with Crippen LogP contribution in [0.5, 0.6) is 0 Å². The Bertz CT molecular complexity index is 82.2. The van der Waals surface area contributed by atoms with E-state index in [1.165, 1.54) is 0 Å². The van der Waals surface area contributed by atoms with E-state index in [9.17, 15) is 0 Å². The Morgan fingerprint density at radius 3 is 2.27 bits per heavy atom. The smallest absolute Gasteiger partial charge is 0.480 e.